The number of benzene rings is 1. The predicted molar refractivity (Wildman–Crippen MR) is 77.9 cm³/mol. The fourth-order valence-electron chi connectivity index (χ4n) is 2.88. The zero-order valence-electron chi connectivity index (χ0n) is 12.1. The average Bonchev–Trinajstić information content (AvgIpc) is 2.96. The first-order valence-electron chi connectivity index (χ1n) is 7.18. The van der Waals surface area contributed by atoms with Crippen molar-refractivity contribution in [3.8, 4) is 0 Å². The highest BCUT2D eigenvalue weighted by Gasteiger charge is 2.43. The van der Waals surface area contributed by atoms with Gasteiger partial charge in [0.15, 0.2) is 5.60 Å². The summed E-state index contributed by atoms with van der Waals surface area (Å²) in [6.45, 7) is 0.884. The van der Waals surface area contributed by atoms with E-state index < -0.39 is 17.0 Å². The molecule has 0 bridgehead atoms. The van der Waals surface area contributed by atoms with E-state index in [0.717, 1.165) is 31.2 Å². The third-order valence-electron chi connectivity index (χ3n) is 4.27. The molecule has 0 saturated heterocycles. The maximum atomic E-state index is 12.6. The van der Waals surface area contributed by atoms with E-state index in [4.69, 9.17) is 5.11 Å². The van der Waals surface area contributed by atoms with Crippen molar-refractivity contribution in [1.82, 2.24) is 5.32 Å². The van der Waals surface area contributed by atoms with Crippen LogP contribution in [0.2, 0.25) is 0 Å². The Morgan fingerprint density at radius 3 is 2.33 bits per heavy atom. The van der Waals surface area contributed by atoms with Gasteiger partial charge in [-0.3, -0.25) is 4.79 Å². The highest BCUT2D eigenvalue weighted by Crippen LogP contribution is 2.41. The average molecular weight is 291 g/mol. The van der Waals surface area contributed by atoms with Crippen molar-refractivity contribution in [1.29, 1.82) is 0 Å². The lowest BCUT2D eigenvalue weighted by Gasteiger charge is -2.30. The molecule has 5 heteroatoms. The van der Waals surface area contributed by atoms with Gasteiger partial charge >= 0.3 is 5.97 Å². The summed E-state index contributed by atoms with van der Waals surface area (Å²) in [5, 5.41) is 21.2. The van der Waals surface area contributed by atoms with E-state index in [1.807, 2.05) is 30.3 Å². The lowest BCUT2D eigenvalue weighted by Crippen LogP contribution is -2.51. The first-order valence-corrected chi connectivity index (χ1v) is 7.18. The molecule has 0 radical (unpaired) electrons. The summed E-state index contributed by atoms with van der Waals surface area (Å²) in [4.78, 5) is 23.5. The van der Waals surface area contributed by atoms with Gasteiger partial charge in [0, 0.05) is 0 Å². The Morgan fingerprint density at radius 1 is 1.24 bits per heavy atom. The Hall–Kier alpha value is -1.88. The van der Waals surface area contributed by atoms with Gasteiger partial charge < -0.3 is 15.5 Å². The molecule has 1 aliphatic carbocycles. The van der Waals surface area contributed by atoms with Crippen LogP contribution in [0.3, 0.4) is 0 Å². The third-order valence-corrected chi connectivity index (χ3v) is 4.27. The maximum absolute atomic E-state index is 12.6. The van der Waals surface area contributed by atoms with Gasteiger partial charge in [0.2, 0.25) is 5.91 Å². The Bertz CT molecular complexity index is 518. The lowest BCUT2D eigenvalue weighted by molar-refractivity contribution is -0.156. The quantitative estimate of drug-likeness (QED) is 0.766. The van der Waals surface area contributed by atoms with Crippen LogP contribution in [-0.2, 0) is 15.0 Å². The molecule has 1 amide bonds. The monoisotopic (exact) mass is 291 g/mol. The number of carbonyl (C=O) groups is 2. The van der Waals surface area contributed by atoms with E-state index in [1.54, 1.807) is 0 Å². The summed E-state index contributed by atoms with van der Waals surface area (Å²) < 4.78 is 0. The molecule has 0 heterocycles. The summed E-state index contributed by atoms with van der Waals surface area (Å²) >= 11 is 0. The second kappa shape index (κ2) is 5.85. The molecule has 1 aliphatic rings. The van der Waals surface area contributed by atoms with Gasteiger partial charge in [0.25, 0.3) is 0 Å². The van der Waals surface area contributed by atoms with Crippen molar-refractivity contribution in [2.45, 2.75) is 43.6 Å². The first kappa shape index (κ1) is 15.5. The van der Waals surface area contributed by atoms with Gasteiger partial charge in [-0.25, -0.2) is 4.79 Å². The molecule has 1 unspecified atom stereocenters. The minimum atomic E-state index is -1.95. The Kier molecular flexibility index (Phi) is 4.32. The van der Waals surface area contributed by atoms with Crippen LogP contribution in [-0.4, -0.2) is 34.2 Å². The number of amides is 1. The Morgan fingerprint density at radius 2 is 1.81 bits per heavy atom. The fraction of sp³-hybridized carbons (Fsp3) is 0.500. The first-order chi connectivity index (χ1) is 9.88. The highest BCUT2D eigenvalue weighted by atomic mass is 16.4. The van der Waals surface area contributed by atoms with Crippen LogP contribution in [0.4, 0.5) is 0 Å². The van der Waals surface area contributed by atoms with Gasteiger partial charge in [-0.1, -0.05) is 43.2 Å². The Labute approximate surface area is 124 Å². The summed E-state index contributed by atoms with van der Waals surface area (Å²) in [5.41, 5.74) is -1.60. The standard InChI is InChI=1S/C16H21NO4/c1-15(21,14(19)20)11-17-13(18)16(9-5-6-10-16)12-7-3-2-4-8-12/h2-4,7-8,21H,5-6,9-11H2,1H3,(H,17,18)(H,19,20). The number of hydrogen-bond donors (Lipinski definition) is 3. The number of carboxylic acid groups (broad SMARTS) is 1. The van der Waals surface area contributed by atoms with Crippen molar-refractivity contribution in [2.75, 3.05) is 6.54 Å². The van der Waals surface area contributed by atoms with E-state index in [-0.39, 0.29) is 12.5 Å². The number of rotatable bonds is 5. The maximum Gasteiger partial charge on any atom is 0.337 e. The zero-order valence-corrected chi connectivity index (χ0v) is 12.1. The predicted octanol–water partition coefficient (Wildman–Crippen LogP) is 1.45. The van der Waals surface area contributed by atoms with Crippen LogP contribution < -0.4 is 5.32 Å². The van der Waals surface area contributed by atoms with Gasteiger partial charge in [-0.15, -0.1) is 0 Å². The van der Waals surface area contributed by atoms with Crippen LogP contribution in [0.15, 0.2) is 30.3 Å². The lowest BCUT2D eigenvalue weighted by atomic mass is 9.78. The number of aliphatic carboxylic acids is 1. The molecular weight excluding hydrogens is 270 g/mol. The smallest absolute Gasteiger partial charge is 0.337 e. The summed E-state index contributed by atoms with van der Waals surface area (Å²) in [7, 11) is 0. The minimum Gasteiger partial charge on any atom is -0.479 e. The van der Waals surface area contributed by atoms with Crippen molar-refractivity contribution < 1.29 is 19.8 Å². The second-order valence-corrected chi connectivity index (χ2v) is 5.92. The van der Waals surface area contributed by atoms with Crippen LogP contribution in [0.25, 0.3) is 0 Å². The van der Waals surface area contributed by atoms with Gasteiger partial charge in [-0.05, 0) is 25.3 Å². The molecule has 0 aromatic heterocycles. The molecule has 1 atom stereocenters. The number of aliphatic hydroxyl groups is 1. The van der Waals surface area contributed by atoms with E-state index in [2.05, 4.69) is 5.32 Å². The van der Waals surface area contributed by atoms with Crippen molar-refractivity contribution >= 4 is 11.9 Å². The fourth-order valence-corrected chi connectivity index (χ4v) is 2.88. The summed E-state index contributed by atoms with van der Waals surface area (Å²) in [6, 6.07) is 9.56. The van der Waals surface area contributed by atoms with Gasteiger partial charge in [-0.2, -0.15) is 0 Å². The van der Waals surface area contributed by atoms with Crippen molar-refractivity contribution in [3.63, 3.8) is 0 Å². The van der Waals surface area contributed by atoms with Crippen LogP contribution >= 0.6 is 0 Å². The van der Waals surface area contributed by atoms with Crippen LogP contribution in [0.1, 0.15) is 38.2 Å². The molecule has 0 spiro atoms. The molecule has 1 fully saturated rings. The molecular formula is C16H21NO4. The van der Waals surface area contributed by atoms with E-state index >= 15 is 0 Å². The summed E-state index contributed by atoms with van der Waals surface area (Å²) in [6.07, 6.45) is 3.44. The van der Waals surface area contributed by atoms with E-state index in [1.165, 1.54) is 6.92 Å². The highest BCUT2D eigenvalue weighted by molar-refractivity contribution is 5.89. The molecule has 5 nitrogen and oxygen atoms in total. The molecule has 21 heavy (non-hydrogen) atoms. The number of nitrogens with one attached hydrogen (secondary N) is 1. The molecule has 1 aromatic rings. The minimum absolute atomic E-state index is 0.201. The van der Waals surface area contributed by atoms with Crippen LogP contribution in [0.5, 0.6) is 0 Å². The zero-order chi connectivity index (χ0) is 15.5. The van der Waals surface area contributed by atoms with Gasteiger partial charge in [0.1, 0.15) is 0 Å². The third kappa shape index (κ3) is 3.08. The number of carbonyl (C=O) groups excluding carboxylic acids is 1. The van der Waals surface area contributed by atoms with Gasteiger partial charge in [0.05, 0.1) is 12.0 Å². The van der Waals surface area contributed by atoms with E-state index in [9.17, 15) is 14.7 Å². The Balaban J connectivity index is 2.16. The summed E-state index contributed by atoms with van der Waals surface area (Å²) in [5.74, 6) is -1.55. The largest absolute Gasteiger partial charge is 0.479 e. The number of hydrogen-bond acceptors (Lipinski definition) is 3. The molecule has 3 N–H and O–H groups in total. The number of carboxylic acids is 1. The molecule has 114 valence electrons. The van der Waals surface area contributed by atoms with Crippen molar-refractivity contribution in [3.05, 3.63) is 35.9 Å². The van der Waals surface area contributed by atoms with E-state index in [0.29, 0.717) is 0 Å². The van der Waals surface area contributed by atoms with Crippen molar-refractivity contribution in [2.24, 2.45) is 0 Å². The topological polar surface area (TPSA) is 86.6 Å². The molecule has 2 rings (SSSR count). The molecule has 0 aliphatic heterocycles. The molecule has 1 saturated carbocycles. The molecule has 1 aromatic carbocycles. The SMILES string of the molecule is CC(O)(CNC(=O)C1(c2ccccc2)CCCC1)C(=O)O. The second-order valence-electron chi connectivity index (χ2n) is 5.92. The van der Waals surface area contributed by atoms with Crippen LogP contribution in [0, 0.1) is 0 Å². The normalized spacial score (nSPS) is 19.7.